The normalized spacial score (nSPS) is 20.5. The van der Waals surface area contributed by atoms with Gasteiger partial charge in [0.05, 0.1) is 5.69 Å². The molecule has 2 nitrogen and oxygen atoms in total. The summed E-state index contributed by atoms with van der Waals surface area (Å²) in [6.07, 6.45) is 0.944. The second-order valence-corrected chi connectivity index (χ2v) is 6.19. The SMILES string of the molecule is Cc1ccc(NC(=O)C2CC2c2ccccc2)c(Br)c1. The summed E-state index contributed by atoms with van der Waals surface area (Å²) >= 11 is 3.49. The molecule has 0 saturated heterocycles. The first-order valence-corrected chi connectivity index (χ1v) is 7.56. The van der Waals surface area contributed by atoms with E-state index in [0.29, 0.717) is 5.92 Å². The van der Waals surface area contributed by atoms with E-state index in [9.17, 15) is 4.79 Å². The minimum absolute atomic E-state index is 0.102. The summed E-state index contributed by atoms with van der Waals surface area (Å²) in [6, 6.07) is 16.2. The van der Waals surface area contributed by atoms with Gasteiger partial charge in [-0.15, -0.1) is 0 Å². The molecule has 0 bridgehead atoms. The van der Waals surface area contributed by atoms with Gasteiger partial charge in [0.15, 0.2) is 0 Å². The fourth-order valence-electron chi connectivity index (χ4n) is 2.50. The van der Waals surface area contributed by atoms with Crippen molar-refractivity contribution in [3.05, 3.63) is 64.1 Å². The summed E-state index contributed by atoms with van der Waals surface area (Å²) in [5.41, 5.74) is 3.28. The second kappa shape index (κ2) is 5.41. The lowest BCUT2D eigenvalue weighted by atomic mass is 10.1. The largest absolute Gasteiger partial charge is 0.325 e. The molecule has 1 N–H and O–H groups in total. The van der Waals surface area contributed by atoms with Gasteiger partial charge < -0.3 is 5.32 Å². The summed E-state index contributed by atoms with van der Waals surface area (Å²) < 4.78 is 0.933. The number of nitrogens with one attached hydrogen (secondary N) is 1. The van der Waals surface area contributed by atoms with Crippen molar-refractivity contribution in [2.24, 2.45) is 5.92 Å². The van der Waals surface area contributed by atoms with Crippen molar-refractivity contribution in [1.29, 1.82) is 0 Å². The maximum atomic E-state index is 12.3. The van der Waals surface area contributed by atoms with Crippen molar-refractivity contribution >= 4 is 27.5 Å². The Balaban J connectivity index is 1.67. The van der Waals surface area contributed by atoms with Gasteiger partial charge in [-0.1, -0.05) is 36.4 Å². The molecule has 0 radical (unpaired) electrons. The Bertz CT molecular complexity index is 639. The van der Waals surface area contributed by atoms with Crippen LogP contribution in [0.5, 0.6) is 0 Å². The van der Waals surface area contributed by atoms with Gasteiger partial charge in [-0.2, -0.15) is 0 Å². The maximum absolute atomic E-state index is 12.3. The van der Waals surface area contributed by atoms with Crippen LogP contribution >= 0.6 is 15.9 Å². The minimum Gasteiger partial charge on any atom is -0.325 e. The zero-order valence-electron chi connectivity index (χ0n) is 11.3. The van der Waals surface area contributed by atoms with E-state index in [0.717, 1.165) is 16.6 Å². The second-order valence-electron chi connectivity index (χ2n) is 5.33. The molecule has 0 aromatic heterocycles. The highest BCUT2D eigenvalue weighted by Crippen LogP contribution is 2.48. The molecule has 20 heavy (non-hydrogen) atoms. The Morgan fingerprint density at radius 2 is 1.95 bits per heavy atom. The van der Waals surface area contributed by atoms with Crippen LogP contribution in [0, 0.1) is 12.8 Å². The number of anilines is 1. The summed E-state index contributed by atoms with van der Waals surface area (Å²) in [7, 11) is 0. The zero-order chi connectivity index (χ0) is 14.1. The van der Waals surface area contributed by atoms with E-state index >= 15 is 0 Å². The molecule has 0 spiro atoms. The fraction of sp³-hybridized carbons (Fsp3) is 0.235. The highest BCUT2D eigenvalue weighted by molar-refractivity contribution is 9.10. The van der Waals surface area contributed by atoms with Crippen LogP contribution in [0.15, 0.2) is 53.0 Å². The zero-order valence-corrected chi connectivity index (χ0v) is 12.9. The summed E-state index contributed by atoms with van der Waals surface area (Å²) in [4.78, 5) is 12.3. The highest BCUT2D eigenvalue weighted by Gasteiger charge is 2.43. The van der Waals surface area contributed by atoms with Crippen LogP contribution in [-0.4, -0.2) is 5.91 Å². The number of halogens is 1. The number of hydrogen-bond donors (Lipinski definition) is 1. The molecule has 3 rings (SSSR count). The third-order valence-electron chi connectivity index (χ3n) is 3.74. The van der Waals surface area contributed by atoms with Gasteiger partial charge in [-0.25, -0.2) is 0 Å². The molecule has 2 atom stereocenters. The number of hydrogen-bond acceptors (Lipinski definition) is 1. The number of benzene rings is 2. The Kier molecular flexibility index (Phi) is 3.62. The topological polar surface area (TPSA) is 29.1 Å². The molecule has 1 amide bonds. The molecule has 1 aliphatic carbocycles. The van der Waals surface area contributed by atoms with Crippen molar-refractivity contribution in [2.45, 2.75) is 19.3 Å². The fourth-order valence-corrected chi connectivity index (χ4v) is 3.09. The van der Waals surface area contributed by atoms with Crippen LogP contribution in [0.25, 0.3) is 0 Å². The van der Waals surface area contributed by atoms with Gasteiger partial charge in [-0.05, 0) is 58.5 Å². The maximum Gasteiger partial charge on any atom is 0.228 e. The molecule has 2 aromatic rings. The third kappa shape index (κ3) is 2.78. The molecular formula is C17H16BrNO. The number of aryl methyl sites for hydroxylation is 1. The lowest BCUT2D eigenvalue weighted by Gasteiger charge is -2.08. The Hall–Kier alpha value is -1.61. The van der Waals surface area contributed by atoms with Crippen LogP contribution in [0.1, 0.15) is 23.5 Å². The first-order chi connectivity index (χ1) is 9.65. The van der Waals surface area contributed by atoms with Gasteiger partial charge in [0, 0.05) is 10.4 Å². The molecule has 1 aliphatic rings. The van der Waals surface area contributed by atoms with E-state index < -0.39 is 0 Å². The van der Waals surface area contributed by atoms with Crippen molar-refractivity contribution in [2.75, 3.05) is 5.32 Å². The van der Waals surface area contributed by atoms with Gasteiger partial charge in [0.1, 0.15) is 0 Å². The monoisotopic (exact) mass is 329 g/mol. The van der Waals surface area contributed by atoms with Crippen molar-refractivity contribution in [3.63, 3.8) is 0 Å². The van der Waals surface area contributed by atoms with Gasteiger partial charge in [0.25, 0.3) is 0 Å². The van der Waals surface area contributed by atoms with Gasteiger partial charge in [0.2, 0.25) is 5.91 Å². The molecule has 1 fully saturated rings. The molecular weight excluding hydrogens is 314 g/mol. The number of rotatable bonds is 3. The minimum atomic E-state index is 0.102. The lowest BCUT2D eigenvalue weighted by Crippen LogP contribution is -2.14. The molecule has 0 aliphatic heterocycles. The van der Waals surface area contributed by atoms with E-state index in [1.165, 1.54) is 11.1 Å². The first-order valence-electron chi connectivity index (χ1n) is 6.77. The summed E-state index contributed by atoms with van der Waals surface area (Å²) in [5.74, 6) is 0.592. The molecule has 102 valence electrons. The first kappa shape index (κ1) is 13.4. The molecule has 3 heteroatoms. The number of carbonyl (C=O) groups is 1. The smallest absolute Gasteiger partial charge is 0.228 e. The lowest BCUT2D eigenvalue weighted by molar-refractivity contribution is -0.117. The highest BCUT2D eigenvalue weighted by atomic mass is 79.9. The van der Waals surface area contributed by atoms with Crippen LogP contribution < -0.4 is 5.32 Å². The van der Waals surface area contributed by atoms with E-state index in [1.807, 2.05) is 43.3 Å². The molecule has 1 saturated carbocycles. The van der Waals surface area contributed by atoms with E-state index in [4.69, 9.17) is 0 Å². The van der Waals surface area contributed by atoms with Crippen LogP contribution in [-0.2, 0) is 4.79 Å². The average molecular weight is 330 g/mol. The van der Waals surface area contributed by atoms with E-state index in [-0.39, 0.29) is 11.8 Å². The average Bonchev–Trinajstić information content (AvgIpc) is 3.23. The predicted octanol–water partition coefficient (Wildman–Crippen LogP) is 4.50. The summed E-state index contributed by atoms with van der Waals surface area (Å²) in [6.45, 7) is 2.03. The quantitative estimate of drug-likeness (QED) is 0.882. The Morgan fingerprint density at radius 1 is 1.20 bits per heavy atom. The van der Waals surface area contributed by atoms with E-state index in [1.54, 1.807) is 0 Å². The Labute approximate surface area is 127 Å². The standard InChI is InChI=1S/C17H16BrNO/c1-11-7-8-16(15(18)9-11)19-17(20)14-10-13(14)12-5-3-2-4-6-12/h2-9,13-14H,10H2,1H3,(H,19,20). The molecule has 2 aromatic carbocycles. The molecule has 2 unspecified atom stereocenters. The van der Waals surface area contributed by atoms with Crippen molar-refractivity contribution in [3.8, 4) is 0 Å². The van der Waals surface area contributed by atoms with Crippen molar-refractivity contribution < 1.29 is 4.79 Å². The number of amides is 1. The Morgan fingerprint density at radius 3 is 2.65 bits per heavy atom. The molecule has 0 heterocycles. The summed E-state index contributed by atoms with van der Waals surface area (Å²) in [5, 5.41) is 3.01. The third-order valence-corrected chi connectivity index (χ3v) is 4.39. The van der Waals surface area contributed by atoms with E-state index in [2.05, 4.69) is 33.4 Å². The van der Waals surface area contributed by atoms with Crippen LogP contribution in [0.2, 0.25) is 0 Å². The van der Waals surface area contributed by atoms with Crippen LogP contribution in [0.4, 0.5) is 5.69 Å². The van der Waals surface area contributed by atoms with Crippen LogP contribution in [0.3, 0.4) is 0 Å². The number of carbonyl (C=O) groups excluding carboxylic acids is 1. The van der Waals surface area contributed by atoms with Crippen molar-refractivity contribution in [1.82, 2.24) is 0 Å². The van der Waals surface area contributed by atoms with Gasteiger partial charge in [-0.3, -0.25) is 4.79 Å². The predicted molar refractivity (Wildman–Crippen MR) is 84.8 cm³/mol. The van der Waals surface area contributed by atoms with Gasteiger partial charge >= 0.3 is 0 Å².